The van der Waals surface area contributed by atoms with E-state index in [1.807, 2.05) is 24.3 Å². The molecule has 0 aliphatic rings. The number of hydrazone groups is 1. The number of rotatable bonds is 5. The molecule has 3 aromatic rings. The summed E-state index contributed by atoms with van der Waals surface area (Å²) < 4.78 is 10.9. The molecule has 0 unspecified atom stereocenters. The van der Waals surface area contributed by atoms with Crippen LogP contribution in [0, 0.1) is 6.92 Å². The summed E-state index contributed by atoms with van der Waals surface area (Å²) in [4.78, 5) is 12.3. The molecule has 0 atom stereocenters. The second-order valence-electron chi connectivity index (χ2n) is 5.27. The molecule has 0 bridgehead atoms. The van der Waals surface area contributed by atoms with Crippen LogP contribution in [0.4, 0.5) is 5.82 Å². The van der Waals surface area contributed by atoms with Crippen LogP contribution in [-0.4, -0.2) is 44.0 Å². The van der Waals surface area contributed by atoms with Gasteiger partial charge in [0.05, 0.1) is 18.5 Å². The number of amides is 1. The molecule has 3 N–H and O–H groups in total. The van der Waals surface area contributed by atoms with Crippen LogP contribution in [-0.2, 0) is 0 Å². The van der Waals surface area contributed by atoms with Gasteiger partial charge in [-0.25, -0.2) is 10.1 Å². The van der Waals surface area contributed by atoms with Crippen LogP contribution in [0.1, 0.15) is 28.7 Å². The van der Waals surface area contributed by atoms with E-state index in [-0.39, 0.29) is 17.3 Å². The standard InChI is InChI=1S/C15H16N8O3/c1-8(10-4-6-11(25-3)7-5-10)17-19-15(24)12-9(2)23(22-18-12)14-13(16)20-26-21-14/h4-7H,1-3H3,(H2,16,20)(H,19,24). The number of nitrogen functional groups attached to an aromatic ring is 1. The van der Waals surface area contributed by atoms with Crippen LogP contribution < -0.4 is 15.9 Å². The van der Waals surface area contributed by atoms with Crippen molar-refractivity contribution in [2.75, 3.05) is 12.8 Å². The SMILES string of the molecule is COc1ccc(C(C)=NNC(=O)c2nnn(-c3nonc3N)c2C)cc1. The number of nitrogens with two attached hydrogens (primary N) is 1. The average Bonchev–Trinajstić information content (AvgIpc) is 3.24. The largest absolute Gasteiger partial charge is 0.497 e. The number of benzene rings is 1. The second-order valence-corrected chi connectivity index (χ2v) is 5.27. The smallest absolute Gasteiger partial charge is 0.293 e. The van der Waals surface area contributed by atoms with Gasteiger partial charge in [0.15, 0.2) is 5.69 Å². The van der Waals surface area contributed by atoms with Gasteiger partial charge in [0, 0.05) is 0 Å². The minimum absolute atomic E-state index is 0.0401. The van der Waals surface area contributed by atoms with Gasteiger partial charge in [-0.15, -0.1) is 5.10 Å². The predicted octanol–water partition coefficient (Wildman–Crippen LogP) is 0.704. The van der Waals surface area contributed by atoms with Crippen LogP contribution in [0.2, 0.25) is 0 Å². The summed E-state index contributed by atoms with van der Waals surface area (Å²) in [6, 6.07) is 7.29. The summed E-state index contributed by atoms with van der Waals surface area (Å²) in [6.07, 6.45) is 0. The monoisotopic (exact) mass is 356 g/mol. The lowest BCUT2D eigenvalue weighted by Gasteiger charge is -2.04. The highest BCUT2D eigenvalue weighted by Gasteiger charge is 2.20. The van der Waals surface area contributed by atoms with E-state index in [4.69, 9.17) is 10.5 Å². The van der Waals surface area contributed by atoms with E-state index in [1.165, 1.54) is 4.68 Å². The molecule has 0 saturated heterocycles. The van der Waals surface area contributed by atoms with Crippen LogP contribution in [0.25, 0.3) is 5.82 Å². The van der Waals surface area contributed by atoms with Crippen molar-refractivity contribution in [2.24, 2.45) is 5.10 Å². The molecule has 26 heavy (non-hydrogen) atoms. The first kappa shape index (κ1) is 17.1. The van der Waals surface area contributed by atoms with Gasteiger partial charge in [0.1, 0.15) is 5.75 Å². The highest BCUT2D eigenvalue weighted by atomic mass is 16.6. The Bertz CT molecular complexity index is 958. The topological polar surface area (TPSA) is 146 Å². The van der Waals surface area contributed by atoms with E-state index >= 15 is 0 Å². The maximum Gasteiger partial charge on any atom is 0.293 e. The molecule has 2 aromatic heterocycles. The second kappa shape index (κ2) is 7.01. The van der Waals surface area contributed by atoms with E-state index in [0.717, 1.165) is 11.3 Å². The van der Waals surface area contributed by atoms with Gasteiger partial charge in [-0.05, 0) is 54.0 Å². The fraction of sp³-hybridized carbons (Fsp3) is 0.200. The van der Waals surface area contributed by atoms with Crippen molar-refractivity contribution in [3.05, 3.63) is 41.2 Å². The minimum Gasteiger partial charge on any atom is -0.497 e. The van der Waals surface area contributed by atoms with Gasteiger partial charge < -0.3 is 10.5 Å². The first-order valence-corrected chi connectivity index (χ1v) is 7.51. The minimum atomic E-state index is -0.517. The molecule has 0 aliphatic carbocycles. The molecule has 0 saturated carbocycles. The first-order valence-electron chi connectivity index (χ1n) is 7.51. The summed E-state index contributed by atoms with van der Waals surface area (Å²) in [6.45, 7) is 3.41. The zero-order chi connectivity index (χ0) is 18.7. The van der Waals surface area contributed by atoms with Gasteiger partial charge in [-0.3, -0.25) is 4.79 Å². The number of ether oxygens (including phenoxy) is 1. The molecule has 134 valence electrons. The Labute approximate surface area is 147 Å². The third-order valence-electron chi connectivity index (χ3n) is 3.64. The lowest BCUT2D eigenvalue weighted by Crippen LogP contribution is -2.21. The Hall–Kier alpha value is -3.76. The average molecular weight is 356 g/mol. The summed E-state index contributed by atoms with van der Waals surface area (Å²) in [7, 11) is 1.59. The number of methoxy groups -OCH3 is 1. The Morgan fingerprint density at radius 3 is 2.65 bits per heavy atom. The third kappa shape index (κ3) is 3.22. The van der Waals surface area contributed by atoms with Gasteiger partial charge in [0.2, 0.25) is 11.6 Å². The number of aromatic nitrogens is 5. The Morgan fingerprint density at radius 1 is 1.31 bits per heavy atom. The van der Waals surface area contributed by atoms with Crippen molar-refractivity contribution in [3.8, 4) is 11.6 Å². The molecule has 3 rings (SSSR count). The highest BCUT2D eigenvalue weighted by molar-refractivity contribution is 6.00. The molecule has 0 spiro atoms. The zero-order valence-corrected chi connectivity index (χ0v) is 14.3. The molecular weight excluding hydrogens is 340 g/mol. The van der Waals surface area contributed by atoms with Crippen molar-refractivity contribution >= 4 is 17.4 Å². The molecule has 11 heteroatoms. The van der Waals surface area contributed by atoms with Crippen LogP contribution in [0.5, 0.6) is 5.75 Å². The van der Waals surface area contributed by atoms with Crippen LogP contribution in [0.3, 0.4) is 0 Å². The highest BCUT2D eigenvalue weighted by Crippen LogP contribution is 2.15. The Morgan fingerprint density at radius 2 is 2.04 bits per heavy atom. The predicted molar refractivity (Wildman–Crippen MR) is 91.0 cm³/mol. The Balaban J connectivity index is 1.76. The van der Waals surface area contributed by atoms with Crippen LogP contribution >= 0.6 is 0 Å². The lowest BCUT2D eigenvalue weighted by atomic mass is 10.1. The first-order chi connectivity index (χ1) is 12.5. The molecule has 0 aliphatic heterocycles. The third-order valence-corrected chi connectivity index (χ3v) is 3.64. The van der Waals surface area contributed by atoms with Crippen molar-refractivity contribution in [2.45, 2.75) is 13.8 Å². The number of hydrogen-bond acceptors (Lipinski definition) is 9. The van der Waals surface area contributed by atoms with E-state index in [0.29, 0.717) is 11.4 Å². The van der Waals surface area contributed by atoms with Crippen molar-refractivity contribution in [3.63, 3.8) is 0 Å². The molecular formula is C15H16N8O3. The van der Waals surface area contributed by atoms with E-state index in [2.05, 4.69) is 35.8 Å². The van der Waals surface area contributed by atoms with E-state index in [1.54, 1.807) is 21.0 Å². The molecule has 1 aromatic carbocycles. The zero-order valence-electron chi connectivity index (χ0n) is 14.3. The van der Waals surface area contributed by atoms with Crippen molar-refractivity contribution < 1.29 is 14.2 Å². The van der Waals surface area contributed by atoms with Gasteiger partial charge >= 0.3 is 0 Å². The molecule has 1 amide bonds. The summed E-state index contributed by atoms with van der Waals surface area (Å²) in [5, 5.41) is 18.9. The lowest BCUT2D eigenvalue weighted by molar-refractivity contribution is 0.0949. The molecule has 11 nitrogen and oxygen atoms in total. The van der Waals surface area contributed by atoms with Gasteiger partial charge in [-0.2, -0.15) is 9.78 Å². The molecule has 2 heterocycles. The normalized spacial score (nSPS) is 11.4. The fourth-order valence-corrected chi connectivity index (χ4v) is 2.16. The Kier molecular flexibility index (Phi) is 4.60. The summed E-state index contributed by atoms with van der Waals surface area (Å²) >= 11 is 0. The summed E-state index contributed by atoms with van der Waals surface area (Å²) in [5.74, 6) is 0.418. The van der Waals surface area contributed by atoms with Crippen LogP contribution in [0.15, 0.2) is 34.0 Å². The van der Waals surface area contributed by atoms with E-state index < -0.39 is 5.91 Å². The number of nitrogens with one attached hydrogen (secondary N) is 1. The summed E-state index contributed by atoms with van der Waals surface area (Å²) in [5.41, 5.74) is 10.0. The number of carbonyl (C=O) groups excluding carboxylic acids is 1. The number of hydrogen-bond donors (Lipinski definition) is 2. The quantitative estimate of drug-likeness (QED) is 0.502. The van der Waals surface area contributed by atoms with E-state index in [9.17, 15) is 4.79 Å². The molecule has 0 radical (unpaired) electrons. The van der Waals surface area contributed by atoms with Gasteiger partial charge in [-0.1, -0.05) is 5.21 Å². The maximum absolute atomic E-state index is 12.3. The number of nitrogens with zero attached hydrogens (tertiary/aromatic N) is 6. The fourth-order valence-electron chi connectivity index (χ4n) is 2.16. The van der Waals surface area contributed by atoms with Gasteiger partial charge in [0.25, 0.3) is 5.91 Å². The number of anilines is 1. The number of carbonyl (C=O) groups is 1. The maximum atomic E-state index is 12.3. The van der Waals surface area contributed by atoms with Crippen molar-refractivity contribution in [1.82, 2.24) is 30.7 Å². The molecule has 0 fully saturated rings. The van der Waals surface area contributed by atoms with Crippen molar-refractivity contribution in [1.29, 1.82) is 0 Å².